The van der Waals surface area contributed by atoms with Gasteiger partial charge in [-0.25, -0.2) is 0 Å². The minimum Gasteiger partial charge on any atom is -0.497 e. The van der Waals surface area contributed by atoms with Gasteiger partial charge in [0.25, 0.3) is 5.69 Å². The molecule has 2 aromatic carbocycles. The second kappa shape index (κ2) is 7.04. The lowest BCUT2D eigenvalue weighted by Gasteiger charge is -2.07. The van der Waals surface area contributed by atoms with E-state index >= 15 is 0 Å². The van der Waals surface area contributed by atoms with Crippen molar-refractivity contribution in [1.82, 2.24) is 9.78 Å². The van der Waals surface area contributed by atoms with Gasteiger partial charge < -0.3 is 10.1 Å². The van der Waals surface area contributed by atoms with E-state index in [9.17, 15) is 10.1 Å². The van der Waals surface area contributed by atoms with Gasteiger partial charge in [-0.2, -0.15) is 5.10 Å². The summed E-state index contributed by atoms with van der Waals surface area (Å²) in [7, 11) is 3.49. The smallest absolute Gasteiger partial charge is 0.269 e. The normalized spacial score (nSPS) is 10.5. The van der Waals surface area contributed by atoms with Gasteiger partial charge in [-0.3, -0.25) is 14.8 Å². The molecule has 0 aliphatic rings. The van der Waals surface area contributed by atoms with Crippen molar-refractivity contribution in [3.05, 3.63) is 70.4 Å². The summed E-state index contributed by atoms with van der Waals surface area (Å²) in [6.07, 6.45) is 1.94. The van der Waals surface area contributed by atoms with E-state index in [2.05, 4.69) is 10.4 Å². The monoisotopic (exact) mass is 338 g/mol. The number of non-ortho nitro benzene ring substituents is 1. The van der Waals surface area contributed by atoms with E-state index in [1.165, 1.54) is 12.1 Å². The lowest BCUT2D eigenvalue weighted by Crippen LogP contribution is -2.00. The maximum absolute atomic E-state index is 10.8. The maximum Gasteiger partial charge on any atom is 0.269 e. The second-order valence-electron chi connectivity index (χ2n) is 5.56. The van der Waals surface area contributed by atoms with Crippen LogP contribution in [0.5, 0.6) is 5.75 Å². The molecule has 0 aliphatic carbocycles. The zero-order valence-corrected chi connectivity index (χ0v) is 14.0. The van der Waals surface area contributed by atoms with Gasteiger partial charge in [-0.15, -0.1) is 0 Å². The summed E-state index contributed by atoms with van der Waals surface area (Å²) in [5, 5.41) is 18.6. The van der Waals surface area contributed by atoms with E-state index in [0.717, 1.165) is 28.3 Å². The van der Waals surface area contributed by atoms with Crippen molar-refractivity contribution in [2.24, 2.45) is 7.05 Å². The van der Waals surface area contributed by atoms with Crippen molar-refractivity contribution >= 4 is 11.4 Å². The number of aryl methyl sites for hydroxylation is 1. The van der Waals surface area contributed by atoms with Gasteiger partial charge in [-0.05, 0) is 36.4 Å². The van der Waals surface area contributed by atoms with E-state index in [4.69, 9.17) is 4.74 Å². The van der Waals surface area contributed by atoms with E-state index in [-0.39, 0.29) is 5.69 Å². The summed E-state index contributed by atoms with van der Waals surface area (Å²) < 4.78 is 6.89. The molecule has 7 nitrogen and oxygen atoms in total. The number of nitrogens with one attached hydrogen (secondary N) is 1. The summed E-state index contributed by atoms with van der Waals surface area (Å²) in [6, 6.07) is 14.1. The fourth-order valence-corrected chi connectivity index (χ4v) is 2.56. The van der Waals surface area contributed by atoms with Gasteiger partial charge >= 0.3 is 0 Å². The van der Waals surface area contributed by atoms with Crippen LogP contribution in [0.3, 0.4) is 0 Å². The van der Waals surface area contributed by atoms with Gasteiger partial charge in [0.05, 0.1) is 17.7 Å². The third kappa shape index (κ3) is 3.77. The number of hydrogen-bond acceptors (Lipinski definition) is 5. The Morgan fingerprint density at radius 1 is 1.16 bits per heavy atom. The molecule has 3 rings (SSSR count). The molecule has 7 heteroatoms. The molecule has 0 saturated carbocycles. The van der Waals surface area contributed by atoms with Crippen LogP contribution in [0.25, 0.3) is 11.3 Å². The highest BCUT2D eigenvalue weighted by Gasteiger charge is 2.12. The number of hydrogen-bond donors (Lipinski definition) is 1. The van der Waals surface area contributed by atoms with Crippen LogP contribution in [0.1, 0.15) is 5.56 Å². The highest BCUT2D eigenvalue weighted by molar-refractivity contribution is 5.64. The minimum absolute atomic E-state index is 0.0672. The van der Waals surface area contributed by atoms with Gasteiger partial charge in [0.1, 0.15) is 5.75 Å². The van der Waals surface area contributed by atoms with Crippen LogP contribution in [0, 0.1) is 10.1 Å². The molecule has 3 aromatic rings. The predicted octanol–water partition coefficient (Wildman–Crippen LogP) is 3.62. The largest absolute Gasteiger partial charge is 0.497 e. The molecule has 0 atom stereocenters. The van der Waals surface area contributed by atoms with Gasteiger partial charge in [-0.1, -0.05) is 0 Å². The molecule has 0 radical (unpaired) electrons. The van der Waals surface area contributed by atoms with Gasteiger partial charge in [0.15, 0.2) is 0 Å². The highest BCUT2D eigenvalue weighted by Crippen LogP contribution is 2.25. The SMILES string of the molecule is COc1ccc(NCc2cn(C)nc2-c2ccc([N+](=O)[O-])cc2)cc1. The molecule has 0 saturated heterocycles. The average molecular weight is 338 g/mol. The molecular formula is C18H18N4O3. The lowest BCUT2D eigenvalue weighted by atomic mass is 10.1. The number of aromatic nitrogens is 2. The Morgan fingerprint density at radius 3 is 2.44 bits per heavy atom. The summed E-state index contributed by atoms with van der Waals surface area (Å²) in [5.41, 5.74) is 3.69. The number of methoxy groups -OCH3 is 1. The van der Waals surface area contributed by atoms with Crippen LogP contribution in [-0.2, 0) is 13.6 Å². The first-order valence-corrected chi connectivity index (χ1v) is 7.72. The first kappa shape index (κ1) is 16.5. The molecule has 0 bridgehead atoms. The lowest BCUT2D eigenvalue weighted by molar-refractivity contribution is -0.384. The molecule has 1 aromatic heterocycles. The Kier molecular flexibility index (Phi) is 4.65. The van der Waals surface area contributed by atoms with Crippen molar-refractivity contribution in [2.45, 2.75) is 6.54 Å². The van der Waals surface area contributed by atoms with Crippen LogP contribution in [-0.4, -0.2) is 21.8 Å². The Hall–Kier alpha value is -3.35. The number of ether oxygens (including phenoxy) is 1. The number of benzene rings is 2. The highest BCUT2D eigenvalue weighted by atomic mass is 16.6. The fourth-order valence-electron chi connectivity index (χ4n) is 2.56. The van der Waals surface area contributed by atoms with E-state index in [1.807, 2.05) is 37.5 Å². The van der Waals surface area contributed by atoms with Crippen LogP contribution in [0.2, 0.25) is 0 Å². The molecule has 0 amide bonds. The predicted molar refractivity (Wildman–Crippen MR) is 95.6 cm³/mol. The quantitative estimate of drug-likeness (QED) is 0.548. The molecular weight excluding hydrogens is 320 g/mol. The zero-order valence-electron chi connectivity index (χ0n) is 14.0. The van der Waals surface area contributed by atoms with Crippen molar-refractivity contribution in [2.75, 3.05) is 12.4 Å². The van der Waals surface area contributed by atoms with Crippen LogP contribution in [0.15, 0.2) is 54.7 Å². The standard InChI is InChI=1S/C18H18N4O3/c1-21-12-14(11-19-15-5-9-17(25-2)10-6-15)18(20-21)13-3-7-16(8-4-13)22(23)24/h3-10,12,19H,11H2,1-2H3. The Bertz CT molecular complexity index is 870. The topological polar surface area (TPSA) is 82.2 Å². The first-order chi connectivity index (χ1) is 12.1. The number of anilines is 1. The molecule has 0 fully saturated rings. The number of nitro groups is 1. The Morgan fingerprint density at radius 2 is 1.84 bits per heavy atom. The molecule has 1 heterocycles. The number of rotatable bonds is 6. The van der Waals surface area contributed by atoms with Crippen molar-refractivity contribution < 1.29 is 9.66 Å². The van der Waals surface area contributed by atoms with Crippen molar-refractivity contribution in [3.8, 4) is 17.0 Å². The van der Waals surface area contributed by atoms with E-state index < -0.39 is 4.92 Å². The van der Waals surface area contributed by atoms with Crippen LogP contribution < -0.4 is 10.1 Å². The summed E-state index contributed by atoms with van der Waals surface area (Å²) in [4.78, 5) is 10.4. The number of nitro benzene ring substituents is 1. The Balaban J connectivity index is 1.79. The molecule has 0 aliphatic heterocycles. The number of nitrogens with zero attached hydrogens (tertiary/aromatic N) is 3. The van der Waals surface area contributed by atoms with Gasteiger partial charge in [0.2, 0.25) is 0 Å². The van der Waals surface area contributed by atoms with Crippen molar-refractivity contribution in [3.63, 3.8) is 0 Å². The Labute approximate surface area is 145 Å². The first-order valence-electron chi connectivity index (χ1n) is 7.72. The summed E-state index contributed by atoms with van der Waals surface area (Å²) >= 11 is 0. The van der Waals surface area contributed by atoms with Gasteiger partial charge in [0, 0.05) is 48.7 Å². The van der Waals surface area contributed by atoms with Crippen LogP contribution >= 0.6 is 0 Å². The minimum atomic E-state index is -0.408. The van der Waals surface area contributed by atoms with Crippen molar-refractivity contribution in [1.29, 1.82) is 0 Å². The molecule has 25 heavy (non-hydrogen) atoms. The third-order valence-electron chi connectivity index (χ3n) is 3.83. The van der Waals surface area contributed by atoms with E-state index in [0.29, 0.717) is 6.54 Å². The molecule has 0 spiro atoms. The molecule has 128 valence electrons. The summed E-state index contributed by atoms with van der Waals surface area (Å²) in [6.45, 7) is 0.590. The summed E-state index contributed by atoms with van der Waals surface area (Å²) in [5.74, 6) is 0.804. The van der Waals surface area contributed by atoms with Crippen LogP contribution in [0.4, 0.5) is 11.4 Å². The second-order valence-corrected chi connectivity index (χ2v) is 5.56. The van der Waals surface area contributed by atoms with E-state index in [1.54, 1.807) is 23.9 Å². The molecule has 0 unspecified atom stereocenters. The molecule has 1 N–H and O–H groups in total. The fraction of sp³-hybridized carbons (Fsp3) is 0.167. The zero-order chi connectivity index (χ0) is 17.8. The third-order valence-corrected chi connectivity index (χ3v) is 3.83. The average Bonchev–Trinajstić information content (AvgIpc) is 3.01. The maximum atomic E-state index is 10.8.